The van der Waals surface area contributed by atoms with Gasteiger partial charge in [0.25, 0.3) is 5.56 Å². The van der Waals surface area contributed by atoms with Gasteiger partial charge in [0.1, 0.15) is 11.6 Å². The van der Waals surface area contributed by atoms with Crippen LogP contribution >= 0.6 is 0 Å². The smallest absolute Gasteiger partial charge is 0.264 e. The molecular formula is C15H18N4O2. The molecule has 0 amide bonds. The van der Waals surface area contributed by atoms with E-state index in [0.717, 1.165) is 37.7 Å². The van der Waals surface area contributed by atoms with Gasteiger partial charge in [-0.05, 0) is 18.2 Å². The first-order chi connectivity index (χ1) is 10.3. The van der Waals surface area contributed by atoms with Gasteiger partial charge in [-0.25, -0.2) is 5.10 Å². The summed E-state index contributed by atoms with van der Waals surface area (Å²) in [5.74, 6) is 1.69. The summed E-state index contributed by atoms with van der Waals surface area (Å²) in [5.41, 5.74) is 0.997. The molecule has 0 bridgehead atoms. The van der Waals surface area contributed by atoms with Gasteiger partial charge in [0.05, 0.1) is 7.11 Å². The van der Waals surface area contributed by atoms with E-state index in [-0.39, 0.29) is 5.56 Å². The van der Waals surface area contributed by atoms with E-state index in [1.54, 1.807) is 13.2 Å². The summed E-state index contributed by atoms with van der Waals surface area (Å²) >= 11 is 0. The Morgan fingerprint density at radius 2 is 1.86 bits per heavy atom. The Hall–Kier alpha value is -2.50. The van der Waals surface area contributed by atoms with Crippen molar-refractivity contribution in [2.24, 2.45) is 0 Å². The molecule has 0 saturated carbocycles. The Labute approximate surface area is 123 Å². The lowest BCUT2D eigenvalue weighted by atomic mass is 10.2. The zero-order chi connectivity index (χ0) is 14.7. The number of ether oxygens (including phenoxy) is 1. The number of aromatic nitrogens is 2. The monoisotopic (exact) mass is 286 g/mol. The molecule has 6 nitrogen and oxygen atoms in total. The minimum absolute atomic E-state index is 0.172. The molecule has 1 aromatic heterocycles. The van der Waals surface area contributed by atoms with E-state index in [1.807, 2.05) is 18.2 Å². The number of piperazine rings is 1. The predicted molar refractivity (Wildman–Crippen MR) is 82.3 cm³/mol. The van der Waals surface area contributed by atoms with E-state index in [4.69, 9.17) is 4.74 Å². The molecule has 1 aliphatic rings. The molecule has 1 aliphatic heterocycles. The van der Waals surface area contributed by atoms with Crippen molar-refractivity contribution in [3.05, 3.63) is 46.8 Å². The molecule has 6 heteroatoms. The highest BCUT2D eigenvalue weighted by Crippen LogP contribution is 2.22. The first-order valence-corrected chi connectivity index (χ1v) is 6.96. The Bertz CT molecular complexity index is 642. The third-order valence-electron chi connectivity index (χ3n) is 3.69. The van der Waals surface area contributed by atoms with Gasteiger partial charge in [-0.15, -0.1) is 0 Å². The Morgan fingerprint density at radius 3 is 2.52 bits per heavy atom. The lowest BCUT2D eigenvalue weighted by molar-refractivity contribution is 0.414. The van der Waals surface area contributed by atoms with Gasteiger partial charge < -0.3 is 14.5 Å². The van der Waals surface area contributed by atoms with Crippen LogP contribution in [0.1, 0.15) is 0 Å². The Morgan fingerprint density at radius 1 is 1.10 bits per heavy atom. The van der Waals surface area contributed by atoms with Crippen molar-refractivity contribution in [2.75, 3.05) is 43.1 Å². The average molecular weight is 286 g/mol. The van der Waals surface area contributed by atoms with Gasteiger partial charge in [0, 0.05) is 44.0 Å². The highest BCUT2D eigenvalue weighted by Gasteiger charge is 2.18. The number of anilines is 2. The molecule has 0 atom stereocenters. The number of benzene rings is 1. The summed E-state index contributed by atoms with van der Waals surface area (Å²) < 4.78 is 5.27. The maximum Gasteiger partial charge on any atom is 0.264 e. The molecule has 1 N–H and O–H groups in total. The van der Waals surface area contributed by atoms with Crippen molar-refractivity contribution >= 4 is 11.5 Å². The van der Waals surface area contributed by atoms with Crippen molar-refractivity contribution in [2.45, 2.75) is 0 Å². The number of nitrogens with one attached hydrogen (secondary N) is 1. The average Bonchev–Trinajstić information content (AvgIpc) is 2.56. The molecule has 2 aromatic rings. The molecular weight excluding hydrogens is 268 g/mol. The maximum absolute atomic E-state index is 11.0. The van der Waals surface area contributed by atoms with Crippen LogP contribution < -0.4 is 20.1 Å². The highest BCUT2D eigenvalue weighted by molar-refractivity contribution is 5.52. The van der Waals surface area contributed by atoms with Gasteiger partial charge in [-0.1, -0.05) is 6.07 Å². The number of hydrogen-bond acceptors (Lipinski definition) is 5. The number of nitrogens with zero attached hydrogens (tertiary/aromatic N) is 3. The van der Waals surface area contributed by atoms with Crippen molar-refractivity contribution in [1.29, 1.82) is 0 Å². The predicted octanol–water partition coefficient (Wildman–Crippen LogP) is 1.11. The molecule has 0 unspecified atom stereocenters. The Balaban J connectivity index is 1.67. The van der Waals surface area contributed by atoms with Gasteiger partial charge in [-0.3, -0.25) is 4.79 Å². The first-order valence-electron chi connectivity index (χ1n) is 6.96. The van der Waals surface area contributed by atoms with Gasteiger partial charge in [0.2, 0.25) is 0 Å². The van der Waals surface area contributed by atoms with Crippen molar-refractivity contribution in [3.8, 4) is 5.75 Å². The summed E-state index contributed by atoms with van der Waals surface area (Å²) in [6, 6.07) is 11.4. The van der Waals surface area contributed by atoms with Gasteiger partial charge in [-0.2, -0.15) is 5.10 Å². The summed E-state index contributed by atoms with van der Waals surface area (Å²) in [6.07, 6.45) is 0. The van der Waals surface area contributed by atoms with Crippen LogP contribution in [0.5, 0.6) is 5.75 Å². The standard InChI is InChI=1S/C15H18N4O2/c1-21-13-4-2-3-12(11-13)18-7-9-19(10-8-18)14-5-6-15(20)17-16-14/h2-6,11H,7-10H2,1H3,(H,17,20). The molecule has 0 radical (unpaired) electrons. The molecule has 1 saturated heterocycles. The van der Waals surface area contributed by atoms with E-state index in [2.05, 4.69) is 26.1 Å². The van der Waals surface area contributed by atoms with Gasteiger partial charge in [0.15, 0.2) is 0 Å². The summed E-state index contributed by atoms with van der Waals surface area (Å²) in [4.78, 5) is 15.5. The fourth-order valence-electron chi connectivity index (χ4n) is 2.51. The van der Waals surface area contributed by atoms with Crippen molar-refractivity contribution in [3.63, 3.8) is 0 Å². The maximum atomic E-state index is 11.0. The molecule has 0 spiro atoms. The van der Waals surface area contributed by atoms with Crippen LogP contribution in [-0.2, 0) is 0 Å². The van der Waals surface area contributed by atoms with Crippen LogP contribution in [0.2, 0.25) is 0 Å². The number of rotatable bonds is 3. The number of aromatic amines is 1. The van der Waals surface area contributed by atoms with Crippen LogP contribution in [-0.4, -0.2) is 43.5 Å². The minimum atomic E-state index is -0.172. The second-order valence-electron chi connectivity index (χ2n) is 4.95. The largest absolute Gasteiger partial charge is 0.497 e. The molecule has 21 heavy (non-hydrogen) atoms. The number of methoxy groups -OCH3 is 1. The van der Waals surface area contributed by atoms with Crippen LogP contribution in [0.3, 0.4) is 0 Å². The third kappa shape index (κ3) is 2.99. The van der Waals surface area contributed by atoms with Crippen molar-refractivity contribution in [1.82, 2.24) is 10.2 Å². The Kier molecular flexibility index (Phi) is 3.77. The summed E-state index contributed by atoms with van der Waals surface area (Å²) in [6.45, 7) is 3.56. The molecule has 0 aliphatic carbocycles. The van der Waals surface area contributed by atoms with Crippen LogP contribution in [0.25, 0.3) is 0 Å². The molecule has 2 heterocycles. The zero-order valence-corrected chi connectivity index (χ0v) is 12.0. The van der Waals surface area contributed by atoms with Crippen LogP contribution in [0.15, 0.2) is 41.2 Å². The van der Waals surface area contributed by atoms with Crippen LogP contribution in [0.4, 0.5) is 11.5 Å². The second kappa shape index (κ2) is 5.87. The molecule has 3 rings (SSSR count). The van der Waals surface area contributed by atoms with Gasteiger partial charge >= 0.3 is 0 Å². The fourth-order valence-corrected chi connectivity index (χ4v) is 2.51. The third-order valence-corrected chi connectivity index (χ3v) is 3.69. The van der Waals surface area contributed by atoms with E-state index in [9.17, 15) is 4.79 Å². The van der Waals surface area contributed by atoms with E-state index >= 15 is 0 Å². The van der Waals surface area contributed by atoms with Crippen molar-refractivity contribution < 1.29 is 4.74 Å². The number of H-pyrrole nitrogens is 1. The minimum Gasteiger partial charge on any atom is -0.497 e. The lowest BCUT2D eigenvalue weighted by Gasteiger charge is -2.36. The number of hydrogen-bond donors (Lipinski definition) is 1. The van der Waals surface area contributed by atoms with Crippen LogP contribution in [0, 0.1) is 0 Å². The zero-order valence-electron chi connectivity index (χ0n) is 12.0. The molecule has 1 fully saturated rings. The SMILES string of the molecule is COc1cccc(N2CCN(c3ccc(=O)[nH]n3)CC2)c1. The first kappa shape index (κ1) is 13.5. The molecule has 110 valence electrons. The van der Waals surface area contributed by atoms with E-state index < -0.39 is 0 Å². The van der Waals surface area contributed by atoms with E-state index in [0.29, 0.717) is 0 Å². The highest BCUT2D eigenvalue weighted by atomic mass is 16.5. The normalized spacial score (nSPS) is 15.1. The quantitative estimate of drug-likeness (QED) is 0.915. The summed E-state index contributed by atoms with van der Waals surface area (Å²) in [7, 11) is 1.68. The van der Waals surface area contributed by atoms with E-state index in [1.165, 1.54) is 11.8 Å². The summed E-state index contributed by atoms with van der Waals surface area (Å²) in [5, 5.41) is 6.55. The molecule has 1 aromatic carbocycles. The lowest BCUT2D eigenvalue weighted by Crippen LogP contribution is -2.47. The fraction of sp³-hybridized carbons (Fsp3) is 0.333. The second-order valence-corrected chi connectivity index (χ2v) is 4.95. The topological polar surface area (TPSA) is 61.5 Å².